The highest BCUT2D eigenvalue weighted by Gasteiger charge is 2.12. The molecule has 2 heterocycles. The number of piperidine rings is 1. The summed E-state index contributed by atoms with van der Waals surface area (Å²) in [6, 6.07) is 0.671. The fourth-order valence-corrected chi connectivity index (χ4v) is 2.36. The van der Waals surface area contributed by atoms with E-state index in [4.69, 9.17) is 0 Å². The van der Waals surface area contributed by atoms with Gasteiger partial charge in [0.2, 0.25) is 0 Å². The molecule has 1 atom stereocenters. The normalized spacial score (nSPS) is 28.0. The van der Waals surface area contributed by atoms with E-state index in [0.29, 0.717) is 6.04 Å². The maximum Gasteiger partial charge on any atom is 0.0963 e. The SMILES string of the molecule is C1CCN=C(NCC2CCCCN2)CC1. The zero-order valence-electron chi connectivity index (χ0n) is 9.60. The van der Waals surface area contributed by atoms with Crippen LogP contribution in [0.3, 0.4) is 0 Å². The van der Waals surface area contributed by atoms with Crippen molar-refractivity contribution in [3.05, 3.63) is 0 Å². The molecule has 2 aliphatic rings. The third-order valence-electron chi connectivity index (χ3n) is 3.34. The van der Waals surface area contributed by atoms with E-state index in [0.717, 1.165) is 19.5 Å². The Hall–Kier alpha value is -0.570. The highest BCUT2D eigenvalue weighted by Crippen LogP contribution is 2.08. The zero-order valence-corrected chi connectivity index (χ0v) is 9.60. The minimum atomic E-state index is 0.671. The molecular weight excluding hydrogens is 186 g/mol. The number of aliphatic imine (C=N–C) groups is 1. The summed E-state index contributed by atoms with van der Waals surface area (Å²) in [5.74, 6) is 1.25. The molecule has 0 spiro atoms. The molecule has 2 N–H and O–H groups in total. The first-order valence-electron chi connectivity index (χ1n) is 6.46. The summed E-state index contributed by atoms with van der Waals surface area (Å²) in [5, 5.41) is 7.08. The summed E-state index contributed by atoms with van der Waals surface area (Å²) >= 11 is 0. The number of rotatable bonds is 2. The molecule has 2 aliphatic heterocycles. The molecule has 1 fully saturated rings. The van der Waals surface area contributed by atoms with Crippen LogP contribution in [0, 0.1) is 0 Å². The molecule has 15 heavy (non-hydrogen) atoms. The number of nitrogens with zero attached hydrogens (tertiary/aromatic N) is 1. The van der Waals surface area contributed by atoms with Gasteiger partial charge in [-0.05, 0) is 32.2 Å². The molecule has 0 aromatic heterocycles. The van der Waals surface area contributed by atoms with Gasteiger partial charge in [0, 0.05) is 25.6 Å². The second-order valence-corrected chi connectivity index (χ2v) is 4.67. The molecular formula is C12H23N3. The average Bonchev–Trinajstić information content (AvgIpc) is 2.56. The molecule has 0 aromatic carbocycles. The van der Waals surface area contributed by atoms with Crippen molar-refractivity contribution in [1.29, 1.82) is 0 Å². The fourth-order valence-electron chi connectivity index (χ4n) is 2.36. The summed E-state index contributed by atoms with van der Waals surface area (Å²) < 4.78 is 0. The first kappa shape index (κ1) is 10.9. The van der Waals surface area contributed by atoms with Crippen molar-refractivity contribution < 1.29 is 0 Å². The lowest BCUT2D eigenvalue weighted by molar-refractivity contribution is 0.398. The highest BCUT2D eigenvalue weighted by molar-refractivity contribution is 5.82. The van der Waals surface area contributed by atoms with E-state index in [1.165, 1.54) is 50.9 Å². The Bertz CT molecular complexity index is 207. The standard InChI is InChI=1S/C12H23N3/c1-2-7-12(14-9-4-1)15-10-11-6-3-5-8-13-11/h11,13H,1-10H2,(H,14,15). The average molecular weight is 209 g/mol. The molecule has 1 saturated heterocycles. The maximum absolute atomic E-state index is 4.59. The lowest BCUT2D eigenvalue weighted by Crippen LogP contribution is -2.43. The number of nitrogens with one attached hydrogen (secondary N) is 2. The molecule has 3 nitrogen and oxygen atoms in total. The Balaban J connectivity index is 1.69. The van der Waals surface area contributed by atoms with Gasteiger partial charge in [-0.15, -0.1) is 0 Å². The Morgan fingerprint density at radius 1 is 1.20 bits per heavy atom. The molecule has 2 rings (SSSR count). The smallest absolute Gasteiger partial charge is 0.0963 e. The van der Waals surface area contributed by atoms with E-state index >= 15 is 0 Å². The van der Waals surface area contributed by atoms with E-state index in [1.54, 1.807) is 0 Å². The van der Waals surface area contributed by atoms with Crippen LogP contribution in [0.15, 0.2) is 4.99 Å². The minimum Gasteiger partial charge on any atom is -0.372 e. The van der Waals surface area contributed by atoms with E-state index < -0.39 is 0 Å². The van der Waals surface area contributed by atoms with Crippen LogP contribution < -0.4 is 10.6 Å². The predicted octanol–water partition coefficient (Wildman–Crippen LogP) is 1.69. The largest absolute Gasteiger partial charge is 0.372 e. The predicted molar refractivity (Wildman–Crippen MR) is 64.4 cm³/mol. The van der Waals surface area contributed by atoms with Crippen LogP contribution in [-0.4, -0.2) is 31.5 Å². The van der Waals surface area contributed by atoms with E-state index in [2.05, 4.69) is 15.6 Å². The van der Waals surface area contributed by atoms with Gasteiger partial charge in [0.1, 0.15) is 0 Å². The van der Waals surface area contributed by atoms with Gasteiger partial charge < -0.3 is 10.6 Å². The van der Waals surface area contributed by atoms with Crippen molar-refractivity contribution in [1.82, 2.24) is 10.6 Å². The number of hydrogen-bond acceptors (Lipinski definition) is 3. The summed E-state index contributed by atoms with van der Waals surface area (Å²) in [6.45, 7) is 3.29. The third kappa shape index (κ3) is 3.82. The van der Waals surface area contributed by atoms with Gasteiger partial charge in [-0.25, -0.2) is 0 Å². The molecule has 0 aromatic rings. The van der Waals surface area contributed by atoms with E-state index in [9.17, 15) is 0 Å². The lowest BCUT2D eigenvalue weighted by atomic mass is 10.1. The van der Waals surface area contributed by atoms with Crippen LogP contribution in [0.2, 0.25) is 0 Å². The van der Waals surface area contributed by atoms with Crippen LogP contribution in [0.1, 0.15) is 44.9 Å². The number of amidine groups is 1. The van der Waals surface area contributed by atoms with Crippen molar-refractivity contribution in [3.8, 4) is 0 Å². The van der Waals surface area contributed by atoms with E-state index in [1.807, 2.05) is 0 Å². The van der Waals surface area contributed by atoms with Crippen LogP contribution in [0.25, 0.3) is 0 Å². The van der Waals surface area contributed by atoms with Crippen molar-refractivity contribution in [3.63, 3.8) is 0 Å². The molecule has 86 valence electrons. The van der Waals surface area contributed by atoms with Crippen LogP contribution in [0.4, 0.5) is 0 Å². The molecule has 0 saturated carbocycles. The summed E-state index contributed by atoms with van der Waals surface area (Å²) in [6.07, 6.45) is 9.13. The first-order chi connectivity index (χ1) is 7.45. The first-order valence-corrected chi connectivity index (χ1v) is 6.46. The summed E-state index contributed by atoms with van der Waals surface area (Å²) in [5.41, 5.74) is 0. The minimum absolute atomic E-state index is 0.671. The molecule has 3 heteroatoms. The van der Waals surface area contributed by atoms with Crippen LogP contribution in [-0.2, 0) is 0 Å². The molecule has 0 bridgehead atoms. The van der Waals surface area contributed by atoms with Gasteiger partial charge in [0.15, 0.2) is 0 Å². The van der Waals surface area contributed by atoms with Crippen molar-refractivity contribution >= 4 is 5.84 Å². The fraction of sp³-hybridized carbons (Fsp3) is 0.917. The second-order valence-electron chi connectivity index (χ2n) is 4.67. The monoisotopic (exact) mass is 209 g/mol. The number of hydrogen-bond donors (Lipinski definition) is 2. The van der Waals surface area contributed by atoms with Gasteiger partial charge in [0.25, 0.3) is 0 Å². The Labute approximate surface area is 92.7 Å². The van der Waals surface area contributed by atoms with Crippen molar-refractivity contribution in [2.24, 2.45) is 4.99 Å². The Kier molecular flexibility index (Phi) is 4.45. The Morgan fingerprint density at radius 2 is 2.20 bits per heavy atom. The van der Waals surface area contributed by atoms with Gasteiger partial charge in [0.05, 0.1) is 5.84 Å². The van der Waals surface area contributed by atoms with E-state index in [-0.39, 0.29) is 0 Å². The quantitative estimate of drug-likeness (QED) is 0.726. The van der Waals surface area contributed by atoms with Gasteiger partial charge in [-0.1, -0.05) is 12.8 Å². The summed E-state index contributed by atoms with van der Waals surface area (Å²) in [4.78, 5) is 4.59. The highest BCUT2D eigenvalue weighted by atomic mass is 15.0. The molecule has 0 aliphatic carbocycles. The Morgan fingerprint density at radius 3 is 3.07 bits per heavy atom. The van der Waals surface area contributed by atoms with Crippen LogP contribution >= 0.6 is 0 Å². The molecule has 0 amide bonds. The van der Waals surface area contributed by atoms with Gasteiger partial charge in [-0.2, -0.15) is 0 Å². The van der Waals surface area contributed by atoms with Crippen molar-refractivity contribution in [2.75, 3.05) is 19.6 Å². The maximum atomic E-state index is 4.59. The second kappa shape index (κ2) is 6.11. The molecule has 0 radical (unpaired) electrons. The topological polar surface area (TPSA) is 36.4 Å². The zero-order chi connectivity index (χ0) is 10.3. The van der Waals surface area contributed by atoms with Crippen molar-refractivity contribution in [2.45, 2.75) is 51.0 Å². The summed E-state index contributed by atoms with van der Waals surface area (Å²) in [7, 11) is 0. The third-order valence-corrected chi connectivity index (χ3v) is 3.34. The lowest BCUT2D eigenvalue weighted by Gasteiger charge is -2.24. The molecule has 1 unspecified atom stereocenters. The van der Waals surface area contributed by atoms with Gasteiger partial charge >= 0.3 is 0 Å². The van der Waals surface area contributed by atoms with Gasteiger partial charge in [-0.3, -0.25) is 4.99 Å². The van der Waals surface area contributed by atoms with Crippen LogP contribution in [0.5, 0.6) is 0 Å².